The molecule has 1 aromatic carbocycles. The van der Waals surface area contributed by atoms with E-state index < -0.39 is 0 Å². The number of halogens is 1. The van der Waals surface area contributed by atoms with Gasteiger partial charge in [-0.3, -0.25) is 0 Å². The van der Waals surface area contributed by atoms with E-state index in [2.05, 4.69) is 42.6 Å². The van der Waals surface area contributed by atoms with Gasteiger partial charge in [0.15, 0.2) is 0 Å². The molecule has 0 spiro atoms. The normalized spacial score (nSPS) is 12.0. The molecule has 1 atom stereocenters. The molecule has 0 saturated heterocycles. The van der Waals surface area contributed by atoms with Gasteiger partial charge in [-0.15, -0.1) is 0 Å². The lowest BCUT2D eigenvalue weighted by Gasteiger charge is -2.11. The highest BCUT2D eigenvalue weighted by molar-refractivity contribution is 9.10. The predicted octanol–water partition coefficient (Wildman–Crippen LogP) is 3.05. The lowest BCUT2D eigenvalue weighted by atomic mass is 10.2. The summed E-state index contributed by atoms with van der Waals surface area (Å²) in [7, 11) is 0. The summed E-state index contributed by atoms with van der Waals surface area (Å²) >= 11 is 3.45. The van der Waals surface area contributed by atoms with Crippen molar-refractivity contribution in [3.8, 4) is 0 Å². The molecule has 2 rings (SSSR count). The molecule has 0 aliphatic heterocycles. The number of nitrogens with one attached hydrogen (secondary N) is 2. The third-order valence-corrected chi connectivity index (χ3v) is 3.22. The summed E-state index contributed by atoms with van der Waals surface area (Å²) in [6, 6.07) is 8.00. The van der Waals surface area contributed by atoms with Crippen LogP contribution in [0.4, 0.5) is 17.3 Å². The number of hydrogen-bond donors (Lipinski definition) is 3. The molecule has 2 aromatic rings. The molecule has 0 bridgehead atoms. The van der Waals surface area contributed by atoms with Crippen LogP contribution in [0, 0.1) is 6.92 Å². The molecular weight excluding hydrogens is 318 g/mol. The van der Waals surface area contributed by atoms with E-state index in [0.717, 1.165) is 27.4 Å². The maximum Gasteiger partial charge on any atom is 0.135 e. The van der Waals surface area contributed by atoms with Crippen LogP contribution < -0.4 is 16.4 Å². The van der Waals surface area contributed by atoms with Crippen LogP contribution in [0.5, 0.6) is 0 Å². The number of rotatable bonds is 5. The second kappa shape index (κ2) is 6.67. The molecule has 1 unspecified atom stereocenters. The molecule has 0 fully saturated rings. The zero-order chi connectivity index (χ0) is 14.5. The molecule has 1 aromatic heterocycles. The van der Waals surface area contributed by atoms with E-state index in [9.17, 15) is 0 Å². The van der Waals surface area contributed by atoms with E-state index in [4.69, 9.17) is 5.73 Å². The van der Waals surface area contributed by atoms with Crippen LogP contribution in [0.3, 0.4) is 0 Å². The lowest BCUT2D eigenvalue weighted by molar-refractivity contribution is 0.777. The minimum absolute atomic E-state index is 0.0788. The van der Waals surface area contributed by atoms with Crippen molar-refractivity contribution in [3.63, 3.8) is 0 Å². The molecule has 6 heteroatoms. The van der Waals surface area contributed by atoms with Crippen molar-refractivity contribution in [2.45, 2.75) is 19.9 Å². The largest absolute Gasteiger partial charge is 0.368 e. The minimum Gasteiger partial charge on any atom is -0.368 e. The monoisotopic (exact) mass is 335 g/mol. The van der Waals surface area contributed by atoms with Crippen molar-refractivity contribution < 1.29 is 0 Å². The number of aryl methyl sites for hydroxylation is 1. The van der Waals surface area contributed by atoms with Crippen molar-refractivity contribution in [1.82, 2.24) is 9.97 Å². The van der Waals surface area contributed by atoms with Gasteiger partial charge in [0.25, 0.3) is 0 Å². The maximum absolute atomic E-state index is 5.71. The van der Waals surface area contributed by atoms with Crippen LogP contribution in [-0.4, -0.2) is 22.6 Å². The van der Waals surface area contributed by atoms with Crippen molar-refractivity contribution in [2.75, 3.05) is 17.2 Å². The van der Waals surface area contributed by atoms with E-state index in [1.54, 1.807) is 0 Å². The van der Waals surface area contributed by atoms with Crippen molar-refractivity contribution in [3.05, 3.63) is 40.6 Å². The topological polar surface area (TPSA) is 75.9 Å². The first-order valence-electron chi connectivity index (χ1n) is 6.39. The molecular formula is C14H18BrN5. The molecule has 5 nitrogen and oxygen atoms in total. The first kappa shape index (κ1) is 14.7. The zero-order valence-corrected chi connectivity index (χ0v) is 13.1. The van der Waals surface area contributed by atoms with Crippen LogP contribution in [0.25, 0.3) is 0 Å². The Bertz CT molecular complexity index is 586. The van der Waals surface area contributed by atoms with E-state index in [1.165, 1.54) is 6.33 Å². The van der Waals surface area contributed by atoms with Crippen LogP contribution >= 0.6 is 15.9 Å². The summed E-state index contributed by atoms with van der Waals surface area (Å²) in [5.74, 6) is 1.51. The molecule has 1 heterocycles. The van der Waals surface area contributed by atoms with E-state index in [-0.39, 0.29) is 6.04 Å². The first-order valence-corrected chi connectivity index (χ1v) is 7.18. The van der Waals surface area contributed by atoms with Crippen LogP contribution in [0.15, 0.2) is 35.1 Å². The third-order valence-electron chi connectivity index (χ3n) is 2.72. The van der Waals surface area contributed by atoms with Crippen molar-refractivity contribution in [1.29, 1.82) is 0 Å². The van der Waals surface area contributed by atoms with Gasteiger partial charge in [-0.2, -0.15) is 0 Å². The molecule has 4 N–H and O–H groups in total. The van der Waals surface area contributed by atoms with Gasteiger partial charge in [-0.05, 0) is 37.6 Å². The van der Waals surface area contributed by atoms with E-state index in [1.807, 2.05) is 32.0 Å². The Labute approximate surface area is 127 Å². The summed E-state index contributed by atoms with van der Waals surface area (Å²) in [4.78, 5) is 8.38. The third kappa shape index (κ3) is 4.18. The second-order valence-electron chi connectivity index (χ2n) is 4.73. The minimum atomic E-state index is 0.0788. The molecule has 0 radical (unpaired) electrons. The van der Waals surface area contributed by atoms with Gasteiger partial charge in [0.1, 0.15) is 18.0 Å². The van der Waals surface area contributed by atoms with Gasteiger partial charge < -0.3 is 16.4 Å². The number of anilines is 3. The number of nitrogens with zero attached hydrogens (tertiary/aromatic N) is 2. The summed E-state index contributed by atoms with van der Waals surface area (Å²) in [6.07, 6.45) is 1.53. The maximum atomic E-state index is 5.71. The molecule has 20 heavy (non-hydrogen) atoms. The molecule has 0 aliphatic rings. The quantitative estimate of drug-likeness (QED) is 0.782. The van der Waals surface area contributed by atoms with Crippen LogP contribution in [-0.2, 0) is 0 Å². The lowest BCUT2D eigenvalue weighted by Crippen LogP contribution is -2.25. The van der Waals surface area contributed by atoms with Gasteiger partial charge in [0, 0.05) is 28.8 Å². The fourth-order valence-electron chi connectivity index (χ4n) is 1.69. The van der Waals surface area contributed by atoms with Crippen LogP contribution in [0.1, 0.15) is 12.5 Å². The number of benzene rings is 1. The highest BCUT2D eigenvalue weighted by atomic mass is 79.9. The molecule has 0 saturated carbocycles. The summed E-state index contributed by atoms with van der Waals surface area (Å²) in [5, 5.41) is 6.45. The van der Waals surface area contributed by atoms with Crippen molar-refractivity contribution in [2.24, 2.45) is 5.73 Å². The Morgan fingerprint density at radius 1 is 1.25 bits per heavy atom. The van der Waals surface area contributed by atoms with E-state index in [0.29, 0.717) is 6.54 Å². The average Bonchev–Trinajstić information content (AvgIpc) is 2.40. The fourth-order valence-corrected chi connectivity index (χ4v) is 2.17. The van der Waals surface area contributed by atoms with Gasteiger partial charge in [-0.25, -0.2) is 9.97 Å². The number of aromatic nitrogens is 2. The average molecular weight is 336 g/mol. The summed E-state index contributed by atoms with van der Waals surface area (Å²) in [6.45, 7) is 4.66. The van der Waals surface area contributed by atoms with Crippen molar-refractivity contribution >= 4 is 33.3 Å². The second-order valence-corrected chi connectivity index (χ2v) is 5.65. The van der Waals surface area contributed by atoms with Crippen LogP contribution in [0.2, 0.25) is 0 Å². The highest BCUT2D eigenvalue weighted by Crippen LogP contribution is 2.23. The van der Waals surface area contributed by atoms with Gasteiger partial charge in [-0.1, -0.05) is 15.9 Å². The van der Waals surface area contributed by atoms with Gasteiger partial charge >= 0.3 is 0 Å². The number of nitrogens with two attached hydrogens (primary N) is 1. The summed E-state index contributed by atoms with van der Waals surface area (Å²) < 4.78 is 1.06. The van der Waals surface area contributed by atoms with E-state index >= 15 is 0 Å². The Kier molecular flexibility index (Phi) is 4.92. The fraction of sp³-hybridized carbons (Fsp3) is 0.286. The number of hydrogen-bond acceptors (Lipinski definition) is 5. The Morgan fingerprint density at radius 2 is 2.00 bits per heavy atom. The predicted molar refractivity (Wildman–Crippen MR) is 86.3 cm³/mol. The first-order chi connectivity index (χ1) is 9.54. The smallest absolute Gasteiger partial charge is 0.135 e. The Morgan fingerprint density at radius 3 is 2.70 bits per heavy atom. The van der Waals surface area contributed by atoms with Gasteiger partial charge in [0.2, 0.25) is 0 Å². The molecule has 106 valence electrons. The zero-order valence-electron chi connectivity index (χ0n) is 11.5. The highest BCUT2D eigenvalue weighted by Gasteiger charge is 2.03. The molecule has 0 aliphatic carbocycles. The van der Waals surface area contributed by atoms with Gasteiger partial charge in [0.05, 0.1) is 0 Å². The SMILES string of the molecule is Cc1cc(Br)ccc1Nc1cc(NCC(C)N)ncn1. The Balaban J connectivity index is 2.11. The standard InChI is InChI=1S/C14H18BrN5/c1-9-5-11(15)3-4-12(9)20-14-6-13(18-8-19-14)17-7-10(2)16/h3-6,8,10H,7,16H2,1-2H3,(H2,17,18,19,20). The summed E-state index contributed by atoms with van der Waals surface area (Å²) in [5.41, 5.74) is 7.87. The molecule has 0 amide bonds. The Hall–Kier alpha value is -1.66.